The van der Waals surface area contributed by atoms with E-state index in [-0.39, 0.29) is 11.5 Å². The third-order valence-electron chi connectivity index (χ3n) is 3.54. The van der Waals surface area contributed by atoms with Gasteiger partial charge in [0, 0.05) is 22.6 Å². The first-order chi connectivity index (χ1) is 9.97. The molecular formula is C16H14N2O3. The van der Waals surface area contributed by atoms with Crippen molar-refractivity contribution < 1.29 is 14.7 Å². The number of rotatable bonds is 2. The van der Waals surface area contributed by atoms with Gasteiger partial charge in [-0.3, -0.25) is 4.79 Å². The molecule has 0 saturated carbocycles. The van der Waals surface area contributed by atoms with Crippen molar-refractivity contribution >= 4 is 29.2 Å². The van der Waals surface area contributed by atoms with E-state index in [2.05, 4.69) is 10.3 Å². The van der Waals surface area contributed by atoms with Gasteiger partial charge in [0.2, 0.25) is 0 Å². The van der Waals surface area contributed by atoms with E-state index in [0.29, 0.717) is 16.8 Å². The van der Waals surface area contributed by atoms with Crippen LogP contribution in [-0.2, 0) is 4.79 Å². The minimum Gasteiger partial charge on any atom is -0.478 e. The molecule has 1 aromatic carbocycles. The Kier molecular flexibility index (Phi) is 2.90. The van der Waals surface area contributed by atoms with Gasteiger partial charge in [0.1, 0.15) is 0 Å². The zero-order valence-electron chi connectivity index (χ0n) is 11.7. The fourth-order valence-electron chi connectivity index (χ4n) is 2.61. The van der Waals surface area contributed by atoms with E-state index in [9.17, 15) is 14.7 Å². The molecule has 5 heteroatoms. The van der Waals surface area contributed by atoms with Crippen molar-refractivity contribution in [2.75, 3.05) is 5.32 Å². The van der Waals surface area contributed by atoms with Crippen molar-refractivity contribution in [1.82, 2.24) is 4.98 Å². The van der Waals surface area contributed by atoms with E-state index in [0.717, 1.165) is 17.0 Å². The number of carboxylic acid groups (broad SMARTS) is 1. The third kappa shape index (κ3) is 2.12. The number of carboxylic acids is 1. The van der Waals surface area contributed by atoms with E-state index in [1.165, 1.54) is 6.07 Å². The highest BCUT2D eigenvalue weighted by Crippen LogP contribution is 2.36. The molecule has 1 aliphatic heterocycles. The second-order valence-corrected chi connectivity index (χ2v) is 5.09. The number of fused-ring (bicyclic) bond motifs is 1. The molecule has 0 fully saturated rings. The van der Waals surface area contributed by atoms with Gasteiger partial charge >= 0.3 is 5.97 Å². The molecule has 21 heavy (non-hydrogen) atoms. The SMILES string of the molecule is Cc1cc(C)c(/C=C2\C(=O)Nc3cccc(C(=O)O)c32)[nH]1. The zero-order valence-corrected chi connectivity index (χ0v) is 11.7. The summed E-state index contributed by atoms with van der Waals surface area (Å²) in [6.07, 6.45) is 1.70. The van der Waals surface area contributed by atoms with E-state index in [1.807, 2.05) is 19.9 Å². The minimum atomic E-state index is -1.05. The molecule has 2 aromatic rings. The van der Waals surface area contributed by atoms with E-state index >= 15 is 0 Å². The summed E-state index contributed by atoms with van der Waals surface area (Å²) >= 11 is 0. The molecule has 0 radical (unpaired) electrons. The number of hydrogen-bond acceptors (Lipinski definition) is 2. The number of aromatic nitrogens is 1. The molecule has 1 aromatic heterocycles. The first-order valence-electron chi connectivity index (χ1n) is 6.53. The highest BCUT2D eigenvalue weighted by molar-refractivity contribution is 6.36. The second kappa shape index (κ2) is 4.63. The lowest BCUT2D eigenvalue weighted by Crippen LogP contribution is -2.04. The van der Waals surface area contributed by atoms with Gasteiger partial charge in [-0.15, -0.1) is 0 Å². The van der Waals surface area contributed by atoms with Crippen LogP contribution in [0.25, 0.3) is 11.6 Å². The number of aryl methyl sites for hydroxylation is 2. The highest BCUT2D eigenvalue weighted by Gasteiger charge is 2.29. The Morgan fingerprint density at radius 1 is 1.29 bits per heavy atom. The molecule has 1 amide bonds. The number of amides is 1. The lowest BCUT2D eigenvalue weighted by atomic mass is 9.99. The highest BCUT2D eigenvalue weighted by atomic mass is 16.4. The van der Waals surface area contributed by atoms with Crippen LogP contribution in [0, 0.1) is 13.8 Å². The molecule has 3 N–H and O–H groups in total. The summed E-state index contributed by atoms with van der Waals surface area (Å²) < 4.78 is 0. The lowest BCUT2D eigenvalue weighted by molar-refractivity contribution is -0.110. The maximum absolute atomic E-state index is 12.1. The van der Waals surface area contributed by atoms with Crippen molar-refractivity contribution in [1.29, 1.82) is 0 Å². The summed E-state index contributed by atoms with van der Waals surface area (Å²) in [4.78, 5) is 26.7. The molecular weight excluding hydrogens is 268 g/mol. The number of aromatic amines is 1. The van der Waals surface area contributed by atoms with E-state index in [1.54, 1.807) is 18.2 Å². The summed E-state index contributed by atoms with van der Waals surface area (Å²) in [5.41, 5.74) is 4.28. The number of benzene rings is 1. The molecule has 0 aliphatic carbocycles. The van der Waals surface area contributed by atoms with Crippen LogP contribution in [0.2, 0.25) is 0 Å². The van der Waals surface area contributed by atoms with E-state index in [4.69, 9.17) is 0 Å². The predicted molar refractivity (Wildman–Crippen MR) is 80.2 cm³/mol. The molecule has 0 unspecified atom stereocenters. The van der Waals surface area contributed by atoms with Crippen LogP contribution < -0.4 is 5.32 Å². The Balaban J connectivity index is 2.21. The number of aromatic carboxylic acids is 1. The Bertz CT molecular complexity index is 800. The van der Waals surface area contributed by atoms with Crippen LogP contribution in [0.1, 0.15) is 32.9 Å². The zero-order chi connectivity index (χ0) is 15.1. The van der Waals surface area contributed by atoms with Gasteiger partial charge in [0.05, 0.1) is 11.1 Å². The maximum atomic E-state index is 12.1. The molecule has 3 rings (SSSR count). The first-order valence-corrected chi connectivity index (χ1v) is 6.53. The van der Waals surface area contributed by atoms with Crippen LogP contribution in [0.4, 0.5) is 5.69 Å². The largest absolute Gasteiger partial charge is 0.478 e. The van der Waals surface area contributed by atoms with Crippen LogP contribution in [0.3, 0.4) is 0 Å². The Labute approximate surface area is 121 Å². The van der Waals surface area contributed by atoms with Gasteiger partial charge in [-0.05, 0) is 43.7 Å². The quantitative estimate of drug-likeness (QED) is 0.741. The smallest absolute Gasteiger partial charge is 0.336 e. The van der Waals surface area contributed by atoms with Crippen LogP contribution >= 0.6 is 0 Å². The van der Waals surface area contributed by atoms with Crippen molar-refractivity contribution in [2.45, 2.75) is 13.8 Å². The number of H-pyrrole nitrogens is 1. The Hall–Kier alpha value is -2.82. The predicted octanol–water partition coefficient (Wildman–Crippen LogP) is 2.82. The van der Waals surface area contributed by atoms with Gasteiger partial charge in [0.25, 0.3) is 5.91 Å². The monoisotopic (exact) mass is 282 g/mol. The Morgan fingerprint density at radius 3 is 2.67 bits per heavy atom. The van der Waals surface area contributed by atoms with Crippen molar-refractivity contribution in [3.8, 4) is 0 Å². The van der Waals surface area contributed by atoms with Gasteiger partial charge in [-0.2, -0.15) is 0 Å². The number of carbonyl (C=O) groups excluding carboxylic acids is 1. The fraction of sp³-hybridized carbons (Fsp3) is 0.125. The van der Waals surface area contributed by atoms with Crippen molar-refractivity contribution in [3.63, 3.8) is 0 Å². The normalized spacial score (nSPS) is 15.1. The number of nitrogens with one attached hydrogen (secondary N) is 2. The summed E-state index contributed by atoms with van der Waals surface area (Å²) in [5.74, 6) is -1.33. The average molecular weight is 282 g/mol. The van der Waals surface area contributed by atoms with E-state index < -0.39 is 5.97 Å². The van der Waals surface area contributed by atoms with Gasteiger partial charge in [-0.1, -0.05) is 6.07 Å². The maximum Gasteiger partial charge on any atom is 0.336 e. The molecule has 106 valence electrons. The number of hydrogen-bond donors (Lipinski definition) is 3. The minimum absolute atomic E-state index is 0.123. The standard InChI is InChI=1S/C16H14N2O3/c1-8-6-9(2)17-13(8)7-11-14-10(16(20)21)4-3-5-12(14)18-15(11)19/h3-7,17H,1-2H3,(H,18,19)(H,20,21)/b11-7-. The molecule has 1 aliphatic rings. The lowest BCUT2D eigenvalue weighted by Gasteiger charge is -2.03. The van der Waals surface area contributed by atoms with Gasteiger partial charge < -0.3 is 15.4 Å². The average Bonchev–Trinajstić information content (AvgIpc) is 2.90. The molecule has 0 spiro atoms. The molecule has 5 nitrogen and oxygen atoms in total. The van der Waals surface area contributed by atoms with Crippen LogP contribution in [0.15, 0.2) is 24.3 Å². The Morgan fingerprint density at radius 2 is 2.05 bits per heavy atom. The molecule has 2 heterocycles. The topological polar surface area (TPSA) is 82.2 Å². The van der Waals surface area contributed by atoms with Crippen LogP contribution in [0.5, 0.6) is 0 Å². The van der Waals surface area contributed by atoms with Gasteiger partial charge in [-0.25, -0.2) is 4.79 Å². The molecule has 0 saturated heterocycles. The second-order valence-electron chi connectivity index (χ2n) is 5.09. The molecule has 0 atom stereocenters. The summed E-state index contributed by atoms with van der Waals surface area (Å²) in [5, 5.41) is 12.0. The number of carbonyl (C=O) groups is 2. The summed E-state index contributed by atoms with van der Waals surface area (Å²) in [7, 11) is 0. The van der Waals surface area contributed by atoms with Crippen molar-refractivity contribution in [3.05, 3.63) is 52.3 Å². The first kappa shape index (κ1) is 13.2. The summed E-state index contributed by atoms with van der Waals surface area (Å²) in [6.45, 7) is 3.87. The molecule has 0 bridgehead atoms. The third-order valence-corrected chi connectivity index (χ3v) is 3.54. The van der Waals surface area contributed by atoms with Crippen LogP contribution in [-0.4, -0.2) is 22.0 Å². The van der Waals surface area contributed by atoms with Crippen molar-refractivity contribution in [2.24, 2.45) is 0 Å². The van der Waals surface area contributed by atoms with Gasteiger partial charge in [0.15, 0.2) is 0 Å². The fourth-order valence-corrected chi connectivity index (χ4v) is 2.61. The summed E-state index contributed by atoms with van der Waals surface area (Å²) in [6, 6.07) is 6.80. The number of anilines is 1.